The van der Waals surface area contributed by atoms with Crippen LogP contribution < -0.4 is 5.32 Å². The van der Waals surface area contributed by atoms with Crippen LogP contribution in [0.2, 0.25) is 0 Å². The van der Waals surface area contributed by atoms with Gasteiger partial charge in [-0.05, 0) is 36.2 Å². The molecular weight excluding hydrogens is 392 g/mol. The molecule has 0 spiro atoms. The molecule has 1 atom stereocenters. The summed E-state index contributed by atoms with van der Waals surface area (Å²) in [6.45, 7) is 1.56. The average molecular weight is 414 g/mol. The van der Waals surface area contributed by atoms with Gasteiger partial charge in [-0.25, -0.2) is 13.2 Å². The number of alkyl carbamates (subject to hydrolysis) is 1. The third-order valence-corrected chi connectivity index (χ3v) is 7.18. The number of benzene rings is 2. The fraction of sp³-hybridized carbons (Fsp3) is 0.333. The number of nitrogens with one attached hydrogen (secondary N) is 1. The van der Waals surface area contributed by atoms with E-state index in [0.717, 1.165) is 5.56 Å². The Morgan fingerprint density at radius 3 is 2.31 bits per heavy atom. The Morgan fingerprint density at radius 1 is 1.03 bits per heavy atom. The lowest BCUT2D eigenvalue weighted by Crippen LogP contribution is -2.48. The summed E-state index contributed by atoms with van der Waals surface area (Å²) in [5.74, 6) is 0.271. The lowest BCUT2D eigenvalue weighted by molar-refractivity contribution is -0.135. The summed E-state index contributed by atoms with van der Waals surface area (Å²) < 4.78 is 30.1. The molecule has 29 heavy (non-hydrogen) atoms. The molecule has 2 amide bonds. The van der Waals surface area contributed by atoms with Crippen LogP contribution in [0.3, 0.4) is 0 Å². The summed E-state index contributed by atoms with van der Waals surface area (Å²) in [5, 5.41) is 2.67. The highest BCUT2D eigenvalue weighted by Gasteiger charge is 2.32. The molecule has 2 aliphatic heterocycles. The molecule has 2 aliphatic rings. The molecule has 2 aromatic carbocycles. The molecule has 4 rings (SSSR count). The van der Waals surface area contributed by atoms with E-state index < -0.39 is 15.9 Å². The SMILES string of the molecule is O=C1N[C@H](CCC(=O)N2CC(c3ccc(S(=O)(=O)c4ccccc4)cc3)C2)CO1. The number of sulfone groups is 1. The number of hydrogen-bond acceptors (Lipinski definition) is 5. The van der Waals surface area contributed by atoms with Crippen molar-refractivity contribution in [2.75, 3.05) is 19.7 Å². The number of carbonyl (C=O) groups excluding carboxylic acids is 2. The van der Waals surface area contributed by atoms with Crippen LogP contribution in [-0.4, -0.2) is 51.1 Å². The van der Waals surface area contributed by atoms with Crippen molar-refractivity contribution >= 4 is 21.8 Å². The van der Waals surface area contributed by atoms with Crippen LogP contribution in [0, 0.1) is 0 Å². The third-order valence-electron chi connectivity index (χ3n) is 5.39. The van der Waals surface area contributed by atoms with Gasteiger partial charge in [-0.2, -0.15) is 0 Å². The topological polar surface area (TPSA) is 92.8 Å². The summed E-state index contributed by atoms with van der Waals surface area (Å²) in [7, 11) is -3.52. The predicted molar refractivity (Wildman–Crippen MR) is 105 cm³/mol. The molecule has 152 valence electrons. The normalized spacial score (nSPS) is 19.4. The second-order valence-electron chi connectivity index (χ2n) is 7.36. The average Bonchev–Trinajstić information content (AvgIpc) is 3.11. The molecule has 0 aromatic heterocycles. The van der Waals surface area contributed by atoms with Crippen LogP contribution in [0.25, 0.3) is 0 Å². The highest BCUT2D eigenvalue weighted by atomic mass is 32.2. The van der Waals surface area contributed by atoms with Gasteiger partial charge in [0, 0.05) is 25.4 Å². The van der Waals surface area contributed by atoms with E-state index in [9.17, 15) is 18.0 Å². The first kappa shape index (κ1) is 19.4. The first-order valence-electron chi connectivity index (χ1n) is 9.54. The van der Waals surface area contributed by atoms with Crippen molar-refractivity contribution < 1.29 is 22.7 Å². The lowest BCUT2D eigenvalue weighted by atomic mass is 9.91. The number of likely N-dealkylation sites (tertiary alicyclic amines) is 1. The van der Waals surface area contributed by atoms with Gasteiger partial charge in [0.1, 0.15) is 6.61 Å². The minimum atomic E-state index is -3.52. The quantitative estimate of drug-likeness (QED) is 0.783. The molecule has 1 N–H and O–H groups in total. The Balaban J connectivity index is 1.31. The Kier molecular flexibility index (Phi) is 5.27. The molecule has 0 saturated carbocycles. The van der Waals surface area contributed by atoms with E-state index in [-0.39, 0.29) is 27.7 Å². The van der Waals surface area contributed by atoms with E-state index in [1.807, 2.05) is 12.1 Å². The molecule has 0 radical (unpaired) electrons. The second-order valence-corrected chi connectivity index (χ2v) is 9.31. The maximum absolute atomic E-state index is 12.7. The van der Waals surface area contributed by atoms with Crippen molar-refractivity contribution in [1.82, 2.24) is 10.2 Å². The van der Waals surface area contributed by atoms with Gasteiger partial charge < -0.3 is 15.0 Å². The van der Waals surface area contributed by atoms with Crippen molar-refractivity contribution in [3.63, 3.8) is 0 Å². The van der Waals surface area contributed by atoms with E-state index in [0.29, 0.717) is 32.5 Å². The maximum atomic E-state index is 12.7. The lowest BCUT2D eigenvalue weighted by Gasteiger charge is -2.40. The summed E-state index contributed by atoms with van der Waals surface area (Å²) in [5.41, 5.74) is 1.03. The van der Waals surface area contributed by atoms with E-state index in [2.05, 4.69) is 5.32 Å². The van der Waals surface area contributed by atoms with E-state index in [1.54, 1.807) is 47.4 Å². The Hall–Kier alpha value is -2.87. The van der Waals surface area contributed by atoms with Crippen molar-refractivity contribution in [2.24, 2.45) is 0 Å². The van der Waals surface area contributed by atoms with Crippen LogP contribution in [-0.2, 0) is 19.4 Å². The van der Waals surface area contributed by atoms with Gasteiger partial charge in [0.25, 0.3) is 0 Å². The van der Waals surface area contributed by atoms with Crippen LogP contribution in [0.5, 0.6) is 0 Å². The van der Waals surface area contributed by atoms with Gasteiger partial charge in [-0.15, -0.1) is 0 Å². The molecule has 2 aromatic rings. The van der Waals surface area contributed by atoms with Crippen LogP contribution in [0.4, 0.5) is 4.79 Å². The minimum absolute atomic E-state index is 0.0608. The second kappa shape index (κ2) is 7.87. The largest absolute Gasteiger partial charge is 0.447 e. The van der Waals surface area contributed by atoms with Crippen molar-refractivity contribution in [1.29, 1.82) is 0 Å². The third kappa shape index (κ3) is 4.12. The Labute approximate surface area is 169 Å². The monoisotopic (exact) mass is 414 g/mol. The van der Waals surface area contributed by atoms with Gasteiger partial charge in [0.2, 0.25) is 15.7 Å². The van der Waals surface area contributed by atoms with Gasteiger partial charge in [-0.3, -0.25) is 4.79 Å². The van der Waals surface area contributed by atoms with Crippen LogP contribution in [0.15, 0.2) is 64.4 Å². The van der Waals surface area contributed by atoms with Gasteiger partial charge in [-0.1, -0.05) is 30.3 Å². The zero-order valence-corrected chi connectivity index (χ0v) is 16.6. The standard InChI is InChI=1S/C21H22N2O5S/c24-20(11-8-17-14-28-21(25)22-17)23-12-16(13-23)15-6-9-19(10-7-15)29(26,27)18-4-2-1-3-5-18/h1-7,9-10,16-17H,8,11-14H2,(H,22,25)/t17-/m1/s1. The van der Waals surface area contributed by atoms with Gasteiger partial charge in [0.15, 0.2) is 0 Å². The van der Waals surface area contributed by atoms with E-state index >= 15 is 0 Å². The summed E-state index contributed by atoms with van der Waals surface area (Å²) in [6.07, 6.45) is 0.511. The number of nitrogens with zero attached hydrogens (tertiary/aromatic N) is 1. The molecule has 7 nitrogen and oxygen atoms in total. The van der Waals surface area contributed by atoms with Gasteiger partial charge >= 0.3 is 6.09 Å². The highest BCUT2D eigenvalue weighted by Crippen LogP contribution is 2.29. The van der Waals surface area contributed by atoms with Crippen molar-refractivity contribution in [2.45, 2.75) is 34.6 Å². The van der Waals surface area contributed by atoms with E-state index in [4.69, 9.17) is 4.74 Å². The number of ether oxygens (including phenoxy) is 1. The van der Waals surface area contributed by atoms with E-state index in [1.165, 1.54) is 0 Å². The molecule has 2 fully saturated rings. The molecule has 0 unspecified atom stereocenters. The highest BCUT2D eigenvalue weighted by molar-refractivity contribution is 7.91. The molecule has 0 aliphatic carbocycles. The summed E-state index contributed by atoms with van der Waals surface area (Å²) in [4.78, 5) is 25.6. The maximum Gasteiger partial charge on any atom is 0.407 e. The molecule has 0 bridgehead atoms. The van der Waals surface area contributed by atoms with Gasteiger partial charge in [0.05, 0.1) is 15.8 Å². The number of amides is 2. The molecular formula is C21H22N2O5S. The molecule has 2 saturated heterocycles. The Morgan fingerprint density at radius 2 is 1.69 bits per heavy atom. The number of hydrogen-bond donors (Lipinski definition) is 1. The molecule has 8 heteroatoms. The Bertz CT molecular complexity index is 999. The number of carbonyl (C=O) groups is 2. The van der Waals surface area contributed by atoms with Crippen LogP contribution in [0.1, 0.15) is 24.3 Å². The van der Waals surface area contributed by atoms with Crippen molar-refractivity contribution in [3.8, 4) is 0 Å². The number of cyclic esters (lactones) is 1. The molecule has 2 heterocycles. The zero-order chi connectivity index (χ0) is 20.4. The smallest absolute Gasteiger partial charge is 0.407 e. The first-order valence-corrected chi connectivity index (χ1v) is 11.0. The van der Waals surface area contributed by atoms with Crippen LogP contribution >= 0.6 is 0 Å². The fourth-order valence-electron chi connectivity index (χ4n) is 3.59. The fourth-order valence-corrected chi connectivity index (χ4v) is 4.87. The van der Waals surface area contributed by atoms with Crippen molar-refractivity contribution in [3.05, 3.63) is 60.2 Å². The predicted octanol–water partition coefficient (Wildman–Crippen LogP) is 2.33. The first-order chi connectivity index (χ1) is 13.9. The number of rotatable bonds is 6. The zero-order valence-electron chi connectivity index (χ0n) is 15.8. The summed E-state index contributed by atoms with van der Waals surface area (Å²) in [6, 6.07) is 15.2. The minimum Gasteiger partial charge on any atom is -0.447 e. The summed E-state index contributed by atoms with van der Waals surface area (Å²) >= 11 is 0.